The predicted octanol–water partition coefficient (Wildman–Crippen LogP) is 1.57. The Morgan fingerprint density at radius 2 is 2.07 bits per heavy atom. The maximum absolute atomic E-state index is 11.4. The lowest BCUT2D eigenvalue weighted by molar-refractivity contribution is -0.144. The number of hydrogen-bond acceptors (Lipinski definition) is 3. The molecule has 1 aliphatic heterocycles. The van der Waals surface area contributed by atoms with Gasteiger partial charge in [0.1, 0.15) is 6.04 Å². The van der Waals surface area contributed by atoms with E-state index in [1.165, 1.54) is 7.11 Å². The highest BCUT2D eigenvalue weighted by atomic mass is 16.5. The SMILES string of the molecule is COC(=O)C1CC(C(C)(C)C)CCN1. The number of esters is 1. The van der Waals surface area contributed by atoms with Crippen LogP contribution >= 0.6 is 0 Å². The van der Waals surface area contributed by atoms with Gasteiger partial charge in [0.15, 0.2) is 0 Å². The molecule has 0 radical (unpaired) electrons. The molecule has 0 amide bonds. The molecule has 1 heterocycles. The second-order valence-corrected chi connectivity index (χ2v) is 5.12. The fraction of sp³-hybridized carbons (Fsp3) is 0.909. The summed E-state index contributed by atoms with van der Waals surface area (Å²) in [6.45, 7) is 7.62. The zero-order chi connectivity index (χ0) is 10.8. The highest BCUT2D eigenvalue weighted by Gasteiger charge is 2.33. The van der Waals surface area contributed by atoms with Crippen LogP contribution < -0.4 is 5.32 Å². The summed E-state index contributed by atoms with van der Waals surface area (Å²) < 4.78 is 4.75. The van der Waals surface area contributed by atoms with E-state index in [0.717, 1.165) is 19.4 Å². The average molecular weight is 199 g/mol. The van der Waals surface area contributed by atoms with E-state index in [2.05, 4.69) is 26.1 Å². The van der Waals surface area contributed by atoms with Gasteiger partial charge in [0.05, 0.1) is 7.11 Å². The van der Waals surface area contributed by atoms with Crippen molar-refractivity contribution in [3.05, 3.63) is 0 Å². The smallest absolute Gasteiger partial charge is 0.322 e. The van der Waals surface area contributed by atoms with E-state index in [1.54, 1.807) is 0 Å². The van der Waals surface area contributed by atoms with Crippen molar-refractivity contribution in [2.24, 2.45) is 11.3 Å². The van der Waals surface area contributed by atoms with Crippen LogP contribution in [0.2, 0.25) is 0 Å². The van der Waals surface area contributed by atoms with E-state index < -0.39 is 0 Å². The lowest BCUT2D eigenvalue weighted by atomic mass is 9.74. The van der Waals surface area contributed by atoms with Gasteiger partial charge in [-0.05, 0) is 30.7 Å². The van der Waals surface area contributed by atoms with Crippen molar-refractivity contribution in [2.75, 3.05) is 13.7 Å². The number of rotatable bonds is 1. The first-order valence-electron chi connectivity index (χ1n) is 5.26. The summed E-state index contributed by atoms with van der Waals surface area (Å²) in [5, 5.41) is 3.20. The fourth-order valence-corrected chi connectivity index (χ4v) is 2.03. The molecule has 3 nitrogen and oxygen atoms in total. The molecule has 0 aromatic rings. The van der Waals surface area contributed by atoms with Crippen molar-refractivity contribution in [3.8, 4) is 0 Å². The molecular formula is C11H21NO2. The minimum atomic E-state index is -0.126. The Labute approximate surface area is 86.2 Å². The van der Waals surface area contributed by atoms with Gasteiger partial charge >= 0.3 is 5.97 Å². The lowest BCUT2D eigenvalue weighted by Gasteiger charge is -2.37. The maximum Gasteiger partial charge on any atom is 0.322 e. The number of nitrogens with one attached hydrogen (secondary N) is 1. The van der Waals surface area contributed by atoms with Gasteiger partial charge in [-0.2, -0.15) is 0 Å². The summed E-state index contributed by atoms with van der Waals surface area (Å²) in [5.74, 6) is 0.479. The Kier molecular flexibility index (Phi) is 3.53. The van der Waals surface area contributed by atoms with E-state index in [9.17, 15) is 4.79 Å². The van der Waals surface area contributed by atoms with E-state index in [0.29, 0.717) is 5.92 Å². The molecule has 1 N–H and O–H groups in total. The number of methoxy groups -OCH3 is 1. The lowest BCUT2D eigenvalue weighted by Crippen LogP contribution is -2.46. The molecule has 2 atom stereocenters. The molecule has 0 aromatic heterocycles. The third-order valence-corrected chi connectivity index (χ3v) is 3.11. The second kappa shape index (κ2) is 4.30. The quantitative estimate of drug-likeness (QED) is 0.651. The number of carbonyl (C=O) groups is 1. The zero-order valence-electron chi connectivity index (χ0n) is 9.59. The second-order valence-electron chi connectivity index (χ2n) is 5.12. The topological polar surface area (TPSA) is 38.3 Å². The van der Waals surface area contributed by atoms with Crippen molar-refractivity contribution >= 4 is 5.97 Å². The molecule has 0 aromatic carbocycles. The van der Waals surface area contributed by atoms with Crippen molar-refractivity contribution < 1.29 is 9.53 Å². The third kappa shape index (κ3) is 2.71. The van der Waals surface area contributed by atoms with Crippen LogP contribution in [0, 0.1) is 11.3 Å². The highest BCUT2D eigenvalue weighted by Crippen LogP contribution is 2.34. The molecule has 1 fully saturated rings. The molecular weight excluding hydrogens is 178 g/mol. The molecule has 0 spiro atoms. The van der Waals surface area contributed by atoms with E-state index >= 15 is 0 Å². The number of piperidine rings is 1. The average Bonchev–Trinajstić information content (AvgIpc) is 2.15. The molecule has 3 heteroatoms. The minimum absolute atomic E-state index is 0.0991. The summed E-state index contributed by atoms with van der Waals surface area (Å²) in [6, 6.07) is -0.0991. The van der Waals surface area contributed by atoms with Crippen molar-refractivity contribution in [2.45, 2.75) is 39.7 Å². The van der Waals surface area contributed by atoms with Gasteiger partial charge in [-0.25, -0.2) is 0 Å². The molecule has 82 valence electrons. The van der Waals surface area contributed by atoms with Gasteiger partial charge in [0, 0.05) is 0 Å². The molecule has 0 aliphatic carbocycles. The van der Waals surface area contributed by atoms with E-state index in [1.807, 2.05) is 0 Å². The van der Waals surface area contributed by atoms with Crippen LogP contribution in [0.1, 0.15) is 33.6 Å². The standard InChI is InChI=1S/C11H21NO2/c1-11(2,3)8-5-6-12-9(7-8)10(13)14-4/h8-9,12H,5-7H2,1-4H3. The molecule has 1 aliphatic rings. The first kappa shape index (κ1) is 11.5. The first-order chi connectivity index (χ1) is 6.45. The molecule has 1 rings (SSSR count). The fourth-order valence-electron chi connectivity index (χ4n) is 2.03. The number of hydrogen-bond donors (Lipinski definition) is 1. The third-order valence-electron chi connectivity index (χ3n) is 3.11. The van der Waals surface area contributed by atoms with Crippen LogP contribution in [0.4, 0.5) is 0 Å². The summed E-state index contributed by atoms with van der Waals surface area (Å²) in [7, 11) is 1.45. The molecule has 1 saturated heterocycles. The Morgan fingerprint density at radius 3 is 2.57 bits per heavy atom. The number of ether oxygens (including phenoxy) is 1. The Balaban J connectivity index is 2.56. The van der Waals surface area contributed by atoms with Crippen LogP contribution in [-0.4, -0.2) is 25.7 Å². The monoisotopic (exact) mass is 199 g/mol. The van der Waals surface area contributed by atoms with Crippen LogP contribution in [0.3, 0.4) is 0 Å². The van der Waals surface area contributed by atoms with Gasteiger partial charge in [-0.15, -0.1) is 0 Å². The molecule has 14 heavy (non-hydrogen) atoms. The molecule has 2 unspecified atom stereocenters. The normalized spacial score (nSPS) is 28.6. The summed E-state index contributed by atoms with van der Waals surface area (Å²) in [5.41, 5.74) is 0.286. The van der Waals surface area contributed by atoms with Crippen LogP contribution in [0.25, 0.3) is 0 Å². The predicted molar refractivity (Wildman–Crippen MR) is 56.0 cm³/mol. The van der Waals surface area contributed by atoms with Crippen LogP contribution in [0.5, 0.6) is 0 Å². The van der Waals surface area contributed by atoms with Gasteiger partial charge < -0.3 is 10.1 Å². The molecule has 0 saturated carbocycles. The first-order valence-corrected chi connectivity index (χ1v) is 5.26. The van der Waals surface area contributed by atoms with Crippen molar-refractivity contribution in [1.29, 1.82) is 0 Å². The van der Waals surface area contributed by atoms with E-state index in [-0.39, 0.29) is 17.4 Å². The maximum atomic E-state index is 11.4. The van der Waals surface area contributed by atoms with Gasteiger partial charge in [0.25, 0.3) is 0 Å². The summed E-state index contributed by atoms with van der Waals surface area (Å²) in [4.78, 5) is 11.4. The Hall–Kier alpha value is -0.570. The van der Waals surface area contributed by atoms with E-state index in [4.69, 9.17) is 4.74 Å². The van der Waals surface area contributed by atoms with Crippen molar-refractivity contribution in [1.82, 2.24) is 5.32 Å². The number of carbonyl (C=O) groups excluding carboxylic acids is 1. The Morgan fingerprint density at radius 1 is 1.43 bits per heavy atom. The van der Waals surface area contributed by atoms with Crippen LogP contribution in [0.15, 0.2) is 0 Å². The van der Waals surface area contributed by atoms with Gasteiger partial charge in [0.2, 0.25) is 0 Å². The summed E-state index contributed by atoms with van der Waals surface area (Å²) in [6.07, 6.45) is 2.05. The minimum Gasteiger partial charge on any atom is -0.468 e. The zero-order valence-corrected chi connectivity index (χ0v) is 9.59. The van der Waals surface area contributed by atoms with Gasteiger partial charge in [-0.3, -0.25) is 4.79 Å². The molecule has 0 bridgehead atoms. The highest BCUT2D eigenvalue weighted by molar-refractivity contribution is 5.75. The van der Waals surface area contributed by atoms with Crippen LogP contribution in [-0.2, 0) is 9.53 Å². The van der Waals surface area contributed by atoms with Crippen molar-refractivity contribution in [3.63, 3.8) is 0 Å². The van der Waals surface area contributed by atoms with Gasteiger partial charge in [-0.1, -0.05) is 20.8 Å². The largest absolute Gasteiger partial charge is 0.468 e. The Bertz CT molecular complexity index is 208. The summed E-state index contributed by atoms with van der Waals surface area (Å²) >= 11 is 0.